The largest absolute Gasteiger partial charge is 0.339 e. The van der Waals surface area contributed by atoms with E-state index >= 15 is 0 Å². The number of fused-ring (bicyclic) bond motifs is 2. The minimum absolute atomic E-state index is 0.161. The maximum atomic E-state index is 14.4. The number of anilines is 2. The average Bonchev–Trinajstić information content (AvgIpc) is 2.98. The molecule has 3 aromatic rings. The Morgan fingerprint density at radius 1 is 0.800 bits per heavy atom. The number of ketones is 1. The third-order valence-corrected chi connectivity index (χ3v) is 9.95. The average molecular weight is 558 g/mol. The molecule has 3 aromatic carbocycles. The summed E-state index contributed by atoms with van der Waals surface area (Å²) < 4.78 is 14.4. The van der Waals surface area contributed by atoms with E-state index in [1.54, 1.807) is 0 Å². The van der Waals surface area contributed by atoms with Crippen molar-refractivity contribution in [2.24, 2.45) is 5.92 Å². The molecule has 3 nitrogen and oxygen atoms in total. The summed E-state index contributed by atoms with van der Waals surface area (Å²) in [6.07, 6.45) is 12.2. The van der Waals surface area contributed by atoms with Crippen LogP contribution in [0, 0.1) is 12.8 Å². The molecule has 1 heterocycles. The first-order valence-corrected chi connectivity index (χ1v) is 16.7. The Kier molecular flexibility index (Phi) is 11.2. The first-order valence-electron chi connectivity index (χ1n) is 15.6. The van der Waals surface area contributed by atoms with Gasteiger partial charge in [0.1, 0.15) is 0 Å². The van der Waals surface area contributed by atoms with E-state index in [2.05, 4.69) is 75.1 Å². The zero-order chi connectivity index (χ0) is 28.5. The lowest BCUT2D eigenvalue weighted by molar-refractivity contribution is 0.0979. The summed E-state index contributed by atoms with van der Waals surface area (Å²) >= 11 is 0. The molecule has 0 fully saturated rings. The Labute approximate surface area is 244 Å². The van der Waals surface area contributed by atoms with Gasteiger partial charge in [0.2, 0.25) is 0 Å². The third kappa shape index (κ3) is 6.94. The van der Waals surface area contributed by atoms with Crippen molar-refractivity contribution >= 4 is 28.0 Å². The lowest BCUT2D eigenvalue weighted by Gasteiger charge is -2.36. The second kappa shape index (κ2) is 14.8. The highest BCUT2D eigenvalue weighted by molar-refractivity contribution is 7.85. The summed E-state index contributed by atoms with van der Waals surface area (Å²) in [5.41, 5.74) is 6.02. The van der Waals surface area contributed by atoms with Gasteiger partial charge in [0.25, 0.3) is 0 Å². The molecule has 2 unspecified atom stereocenters. The van der Waals surface area contributed by atoms with Gasteiger partial charge < -0.3 is 4.90 Å². The van der Waals surface area contributed by atoms with Gasteiger partial charge in [0, 0.05) is 24.1 Å². The maximum Gasteiger partial charge on any atom is 0.162 e. The lowest BCUT2D eigenvalue weighted by Crippen LogP contribution is -2.30. The summed E-state index contributed by atoms with van der Waals surface area (Å²) in [5, 5.41) is 0. The van der Waals surface area contributed by atoms with Crippen molar-refractivity contribution in [2.75, 3.05) is 11.4 Å². The van der Waals surface area contributed by atoms with Crippen molar-refractivity contribution in [1.82, 2.24) is 0 Å². The van der Waals surface area contributed by atoms with Crippen LogP contribution in [0.15, 0.2) is 70.5 Å². The molecule has 0 saturated carbocycles. The molecule has 40 heavy (non-hydrogen) atoms. The molecule has 0 bridgehead atoms. The second-order valence-corrected chi connectivity index (χ2v) is 12.8. The Morgan fingerprint density at radius 3 is 2.27 bits per heavy atom. The SMILES string of the molecule is CCCCCCCCC(=O)c1ccc2c(c1)S(=O)c1c(-c3ccccc3C)cccc1N2CC(CC)CCCC. The van der Waals surface area contributed by atoms with Crippen LogP contribution in [0.25, 0.3) is 11.1 Å². The van der Waals surface area contributed by atoms with Gasteiger partial charge in [-0.05, 0) is 61.1 Å². The Hall–Kier alpha value is -2.72. The van der Waals surface area contributed by atoms with Gasteiger partial charge in [-0.15, -0.1) is 0 Å². The minimum Gasteiger partial charge on any atom is -0.339 e. The predicted molar refractivity (Wildman–Crippen MR) is 170 cm³/mol. The predicted octanol–water partition coefficient (Wildman–Crippen LogP) is 10.4. The number of hydrogen-bond donors (Lipinski definition) is 0. The smallest absolute Gasteiger partial charge is 0.162 e. The maximum absolute atomic E-state index is 14.4. The normalized spacial score (nSPS) is 15.0. The first-order chi connectivity index (χ1) is 19.5. The van der Waals surface area contributed by atoms with Crippen LogP contribution in [0.5, 0.6) is 0 Å². The number of unbranched alkanes of at least 4 members (excludes halogenated alkanes) is 6. The van der Waals surface area contributed by atoms with E-state index < -0.39 is 10.8 Å². The van der Waals surface area contributed by atoms with E-state index in [1.165, 1.54) is 50.5 Å². The van der Waals surface area contributed by atoms with E-state index in [0.717, 1.165) is 58.1 Å². The molecule has 4 heteroatoms. The van der Waals surface area contributed by atoms with Gasteiger partial charge in [-0.1, -0.05) is 109 Å². The highest BCUT2D eigenvalue weighted by Crippen LogP contribution is 2.47. The van der Waals surface area contributed by atoms with Crippen molar-refractivity contribution in [1.29, 1.82) is 0 Å². The Morgan fingerprint density at radius 2 is 1.52 bits per heavy atom. The van der Waals surface area contributed by atoms with Crippen molar-refractivity contribution in [2.45, 2.75) is 108 Å². The molecular formula is C36H47NO2S. The van der Waals surface area contributed by atoms with Crippen LogP contribution in [0.4, 0.5) is 11.4 Å². The van der Waals surface area contributed by atoms with E-state index in [9.17, 15) is 9.00 Å². The van der Waals surface area contributed by atoms with Crippen LogP contribution in [0.2, 0.25) is 0 Å². The van der Waals surface area contributed by atoms with Crippen LogP contribution < -0.4 is 4.90 Å². The number of nitrogens with zero attached hydrogens (tertiary/aromatic N) is 1. The zero-order valence-corrected chi connectivity index (χ0v) is 25.8. The zero-order valence-electron chi connectivity index (χ0n) is 25.0. The quantitative estimate of drug-likeness (QED) is 0.138. The fraction of sp³-hybridized carbons (Fsp3) is 0.472. The van der Waals surface area contributed by atoms with Gasteiger partial charge >= 0.3 is 0 Å². The fourth-order valence-electron chi connectivity index (χ4n) is 5.90. The van der Waals surface area contributed by atoms with Crippen molar-refractivity contribution in [3.05, 3.63) is 71.8 Å². The number of benzene rings is 3. The monoisotopic (exact) mass is 557 g/mol. The number of rotatable bonds is 15. The van der Waals surface area contributed by atoms with Gasteiger partial charge in [0.15, 0.2) is 5.78 Å². The molecule has 2 atom stereocenters. The van der Waals surface area contributed by atoms with Crippen LogP contribution >= 0.6 is 0 Å². The van der Waals surface area contributed by atoms with E-state index in [0.29, 0.717) is 17.9 Å². The standard InChI is InChI=1S/C36H47NO2S/c1-5-8-10-11-12-13-22-34(38)29-23-24-32-35(25-29)40(39)36-31(30-19-15-14-17-27(30)4)20-16-21-33(36)37(32)26-28(7-3)18-9-6-2/h14-17,19-21,23-25,28H,5-13,18,22,26H2,1-4H3. The van der Waals surface area contributed by atoms with Crippen molar-refractivity contribution in [3.8, 4) is 11.1 Å². The molecule has 1 aliphatic rings. The van der Waals surface area contributed by atoms with E-state index in [1.807, 2.05) is 18.2 Å². The minimum atomic E-state index is -1.39. The molecule has 1 aliphatic heterocycles. The van der Waals surface area contributed by atoms with Crippen LogP contribution in [-0.4, -0.2) is 16.5 Å². The highest BCUT2D eigenvalue weighted by Gasteiger charge is 2.32. The third-order valence-electron chi connectivity index (χ3n) is 8.42. The molecule has 214 valence electrons. The number of carbonyl (C=O) groups excluding carboxylic acids is 1. The molecule has 4 rings (SSSR count). The highest BCUT2D eigenvalue weighted by atomic mass is 32.2. The first kappa shape index (κ1) is 30.2. The summed E-state index contributed by atoms with van der Waals surface area (Å²) in [4.78, 5) is 17.2. The molecular weight excluding hydrogens is 510 g/mol. The number of aryl methyl sites for hydroxylation is 1. The summed E-state index contributed by atoms with van der Waals surface area (Å²) in [5.74, 6) is 0.706. The molecule has 0 saturated heterocycles. The topological polar surface area (TPSA) is 37.4 Å². The molecule has 0 N–H and O–H groups in total. The summed E-state index contributed by atoms with van der Waals surface area (Å²) in [6, 6.07) is 20.6. The van der Waals surface area contributed by atoms with Crippen LogP contribution in [-0.2, 0) is 10.8 Å². The van der Waals surface area contributed by atoms with Crippen LogP contribution in [0.1, 0.15) is 107 Å². The molecule has 0 aliphatic carbocycles. The van der Waals surface area contributed by atoms with Gasteiger partial charge in [-0.3, -0.25) is 4.79 Å². The van der Waals surface area contributed by atoms with E-state index in [4.69, 9.17) is 0 Å². The number of Topliss-reactive ketones (excluding diaryl/α,β-unsaturated/α-hetero) is 1. The molecule has 0 radical (unpaired) electrons. The van der Waals surface area contributed by atoms with Gasteiger partial charge in [-0.25, -0.2) is 4.21 Å². The molecule has 0 aromatic heterocycles. The Bertz CT molecular complexity index is 1310. The molecule has 0 spiro atoms. The fourth-order valence-corrected chi connectivity index (χ4v) is 7.47. The van der Waals surface area contributed by atoms with Gasteiger partial charge in [0.05, 0.1) is 32.0 Å². The number of carbonyl (C=O) groups is 1. The summed E-state index contributed by atoms with van der Waals surface area (Å²) in [7, 11) is -1.39. The van der Waals surface area contributed by atoms with Crippen LogP contribution in [0.3, 0.4) is 0 Å². The molecule has 0 amide bonds. The van der Waals surface area contributed by atoms with E-state index in [-0.39, 0.29) is 5.78 Å². The van der Waals surface area contributed by atoms with Crippen molar-refractivity contribution in [3.63, 3.8) is 0 Å². The lowest BCUT2D eigenvalue weighted by atomic mass is 9.96. The van der Waals surface area contributed by atoms with Gasteiger partial charge in [-0.2, -0.15) is 0 Å². The van der Waals surface area contributed by atoms with Crippen molar-refractivity contribution < 1.29 is 9.00 Å². The number of hydrogen-bond acceptors (Lipinski definition) is 3. The summed E-state index contributed by atoms with van der Waals surface area (Å²) in [6.45, 7) is 9.75. The second-order valence-electron chi connectivity index (χ2n) is 11.4. The Balaban J connectivity index is 1.71.